The normalized spacial score (nSPS) is 13.4. The molecule has 5 rings (SSSR count). The third kappa shape index (κ3) is 4.98. The number of hydrogen-bond donors (Lipinski definition) is 2. The van der Waals surface area contributed by atoms with Crippen molar-refractivity contribution in [2.45, 2.75) is 59.1 Å². The molecule has 7 heteroatoms. The molecule has 0 aliphatic heterocycles. The molecule has 0 spiro atoms. The molecule has 7 nitrogen and oxygen atoms in total. The molecule has 2 atom stereocenters. The van der Waals surface area contributed by atoms with Crippen molar-refractivity contribution in [2.75, 3.05) is 0 Å². The number of nitrogens with one attached hydrogen (secondary N) is 1. The molecular formula is C32H33N3O4. The summed E-state index contributed by atoms with van der Waals surface area (Å²) in [6.07, 6.45) is 0.741. The monoisotopic (exact) mass is 523 g/mol. The summed E-state index contributed by atoms with van der Waals surface area (Å²) in [5.74, 6) is 0.811. The third-order valence-electron chi connectivity index (χ3n) is 7.45. The molecule has 0 saturated carbocycles. The molecule has 0 radical (unpaired) electrons. The molecule has 39 heavy (non-hydrogen) atoms. The zero-order valence-electron chi connectivity index (χ0n) is 23.1. The summed E-state index contributed by atoms with van der Waals surface area (Å²) in [7, 11) is 0. The number of rotatable bonds is 7. The zero-order valence-corrected chi connectivity index (χ0v) is 23.1. The maximum absolute atomic E-state index is 13.9. The average Bonchev–Trinajstić information content (AvgIpc) is 3.49. The Labute approximate surface area is 227 Å². The van der Waals surface area contributed by atoms with Crippen molar-refractivity contribution >= 4 is 16.9 Å². The van der Waals surface area contributed by atoms with Crippen molar-refractivity contribution in [3.8, 4) is 0 Å². The summed E-state index contributed by atoms with van der Waals surface area (Å²) < 4.78 is 11.2. The van der Waals surface area contributed by atoms with Crippen LogP contribution >= 0.6 is 0 Å². The summed E-state index contributed by atoms with van der Waals surface area (Å²) >= 11 is 0. The molecule has 3 aromatic heterocycles. The van der Waals surface area contributed by atoms with Crippen LogP contribution < -0.4 is 5.32 Å². The van der Waals surface area contributed by atoms with Gasteiger partial charge in [-0.15, -0.1) is 0 Å². The van der Waals surface area contributed by atoms with Gasteiger partial charge in [-0.2, -0.15) is 0 Å². The van der Waals surface area contributed by atoms with Crippen molar-refractivity contribution in [1.29, 1.82) is 0 Å². The van der Waals surface area contributed by atoms with Gasteiger partial charge in [0.2, 0.25) is 5.91 Å². The highest BCUT2D eigenvalue weighted by Gasteiger charge is 2.33. The first-order chi connectivity index (χ1) is 18.6. The van der Waals surface area contributed by atoms with E-state index in [0.29, 0.717) is 28.4 Å². The van der Waals surface area contributed by atoms with Gasteiger partial charge in [-0.1, -0.05) is 41.1 Å². The van der Waals surface area contributed by atoms with E-state index in [1.807, 2.05) is 50.2 Å². The summed E-state index contributed by atoms with van der Waals surface area (Å²) in [6.45, 7) is 11.5. The van der Waals surface area contributed by atoms with Crippen molar-refractivity contribution in [1.82, 2.24) is 15.5 Å². The second-order valence-corrected chi connectivity index (χ2v) is 10.7. The second-order valence-electron chi connectivity index (χ2n) is 10.7. The number of amides is 1. The van der Waals surface area contributed by atoms with Gasteiger partial charge in [-0.05, 0) is 88.6 Å². The fraction of sp³-hybridized carbons (Fsp3) is 0.281. The minimum atomic E-state index is -1.000. The van der Waals surface area contributed by atoms with Gasteiger partial charge >= 0.3 is 0 Å². The van der Waals surface area contributed by atoms with Crippen molar-refractivity contribution in [3.63, 3.8) is 0 Å². The van der Waals surface area contributed by atoms with E-state index < -0.39 is 17.6 Å². The Morgan fingerprint density at radius 1 is 1.00 bits per heavy atom. The standard InChI is InChI=1S/C32H33N3O4/c1-18-10-12-24(19(2)15-18)29(25-9-7-8-14-33-25)34-31(37)32(5,6)23-11-13-26-22(16-23)17-27(38-26)30(36)28-20(3)35-39-21(28)4/h7-17,29-30,36H,1-6H3,(H,34,37). The summed E-state index contributed by atoms with van der Waals surface area (Å²) in [5.41, 5.74) is 5.83. The van der Waals surface area contributed by atoms with Crippen LogP contribution in [0.2, 0.25) is 0 Å². The minimum absolute atomic E-state index is 0.128. The molecule has 0 fully saturated rings. The van der Waals surface area contributed by atoms with Crippen LogP contribution in [0.4, 0.5) is 0 Å². The number of aromatic nitrogens is 2. The molecule has 200 valence electrons. The molecular weight excluding hydrogens is 490 g/mol. The van der Waals surface area contributed by atoms with E-state index in [2.05, 4.69) is 47.5 Å². The van der Waals surface area contributed by atoms with E-state index in [1.54, 1.807) is 26.1 Å². The van der Waals surface area contributed by atoms with Gasteiger partial charge in [-0.25, -0.2) is 0 Å². The lowest BCUT2D eigenvalue weighted by Gasteiger charge is -2.29. The van der Waals surface area contributed by atoms with Gasteiger partial charge in [-0.3, -0.25) is 9.78 Å². The third-order valence-corrected chi connectivity index (χ3v) is 7.45. The van der Waals surface area contributed by atoms with E-state index >= 15 is 0 Å². The van der Waals surface area contributed by atoms with Crippen molar-refractivity contribution in [3.05, 3.63) is 118 Å². The van der Waals surface area contributed by atoms with Crippen LogP contribution in [0.3, 0.4) is 0 Å². The number of furan rings is 1. The fourth-order valence-corrected chi connectivity index (χ4v) is 5.06. The Bertz CT molecular complexity index is 1630. The Balaban J connectivity index is 1.46. The number of aliphatic hydroxyl groups excluding tert-OH is 1. The maximum atomic E-state index is 13.9. The number of nitrogens with zero attached hydrogens (tertiary/aromatic N) is 2. The quantitative estimate of drug-likeness (QED) is 0.259. The molecule has 5 aromatic rings. The van der Waals surface area contributed by atoms with Crippen LogP contribution in [0.5, 0.6) is 0 Å². The predicted molar refractivity (Wildman–Crippen MR) is 149 cm³/mol. The lowest BCUT2D eigenvalue weighted by atomic mass is 9.82. The van der Waals surface area contributed by atoms with E-state index in [9.17, 15) is 9.90 Å². The van der Waals surface area contributed by atoms with E-state index in [1.165, 1.54) is 0 Å². The Kier molecular flexibility index (Phi) is 6.87. The summed E-state index contributed by atoms with van der Waals surface area (Å²) in [6, 6.07) is 19.0. The van der Waals surface area contributed by atoms with Crippen molar-refractivity contribution < 1.29 is 18.8 Å². The lowest BCUT2D eigenvalue weighted by molar-refractivity contribution is -0.126. The molecule has 2 unspecified atom stereocenters. The molecule has 0 bridgehead atoms. The van der Waals surface area contributed by atoms with Gasteiger partial charge in [0.15, 0.2) is 0 Å². The molecule has 0 saturated heterocycles. The van der Waals surface area contributed by atoms with Crippen molar-refractivity contribution in [2.24, 2.45) is 0 Å². The SMILES string of the molecule is Cc1ccc(C(NC(=O)C(C)(C)c2ccc3oc(C(O)c4c(C)noc4C)cc3c2)c2ccccn2)c(C)c1. The Hall–Kier alpha value is -4.23. The first kappa shape index (κ1) is 26.4. The van der Waals surface area contributed by atoms with Gasteiger partial charge in [0.1, 0.15) is 23.2 Å². The highest BCUT2D eigenvalue weighted by atomic mass is 16.5. The topological polar surface area (TPSA) is 101 Å². The highest BCUT2D eigenvalue weighted by Crippen LogP contribution is 2.35. The average molecular weight is 524 g/mol. The number of benzene rings is 2. The molecule has 3 heterocycles. The fourth-order valence-electron chi connectivity index (χ4n) is 5.06. The first-order valence-electron chi connectivity index (χ1n) is 13.0. The molecule has 0 aliphatic rings. The van der Waals surface area contributed by atoms with Gasteiger partial charge in [0, 0.05) is 11.6 Å². The van der Waals surface area contributed by atoms with E-state index in [-0.39, 0.29) is 5.91 Å². The minimum Gasteiger partial charge on any atom is -0.458 e. The van der Waals surface area contributed by atoms with Gasteiger partial charge in [0.05, 0.1) is 28.4 Å². The molecule has 0 aliphatic carbocycles. The maximum Gasteiger partial charge on any atom is 0.230 e. The largest absolute Gasteiger partial charge is 0.458 e. The summed E-state index contributed by atoms with van der Waals surface area (Å²) in [4.78, 5) is 18.4. The number of carbonyl (C=O) groups excluding carboxylic acids is 1. The summed E-state index contributed by atoms with van der Waals surface area (Å²) in [5, 5.41) is 19.0. The predicted octanol–water partition coefficient (Wildman–Crippen LogP) is 6.31. The van der Waals surface area contributed by atoms with E-state index in [0.717, 1.165) is 33.3 Å². The van der Waals surface area contributed by atoms with E-state index in [4.69, 9.17) is 8.94 Å². The Morgan fingerprint density at radius 3 is 2.46 bits per heavy atom. The number of aryl methyl sites for hydroxylation is 4. The number of pyridine rings is 1. The highest BCUT2D eigenvalue weighted by molar-refractivity contribution is 5.90. The zero-order chi connectivity index (χ0) is 27.9. The van der Waals surface area contributed by atoms with Crippen LogP contribution in [0.15, 0.2) is 75.8 Å². The van der Waals surface area contributed by atoms with Crippen LogP contribution in [0, 0.1) is 27.7 Å². The smallest absolute Gasteiger partial charge is 0.230 e. The molecule has 2 N–H and O–H groups in total. The number of aliphatic hydroxyl groups is 1. The van der Waals surface area contributed by atoms with Gasteiger partial charge < -0.3 is 19.4 Å². The van der Waals surface area contributed by atoms with Crippen LogP contribution in [0.1, 0.15) is 76.7 Å². The molecule has 1 amide bonds. The molecule has 2 aromatic carbocycles. The van der Waals surface area contributed by atoms with Crippen LogP contribution in [0.25, 0.3) is 11.0 Å². The second kappa shape index (κ2) is 10.2. The number of fused-ring (bicyclic) bond motifs is 1. The number of carbonyl (C=O) groups is 1. The van der Waals surface area contributed by atoms with Gasteiger partial charge in [0.25, 0.3) is 0 Å². The first-order valence-corrected chi connectivity index (χ1v) is 13.0. The lowest BCUT2D eigenvalue weighted by Crippen LogP contribution is -2.42. The van der Waals surface area contributed by atoms with Crippen LogP contribution in [-0.2, 0) is 10.2 Å². The van der Waals surface area contributed by atoms with Crippen LogP contribution in [-0.4, -0.2) is 21.2 Å². The number of hydrogen-bond acceptors (Lipinski definition) is 6. The Morgan fingerprint density at radius 2 is 1.79 bits per heavy atom.